The number of carbonyl (C=O) groups excluding carboxylic acids is 1. The van der Waals surface area contributed by atoms with Crippen molar-refractivity contribution in [3.05, 3.63) is 130 Å². The fourth-order valence-electron chi connectivity index (χ4n) is 6.59. The molecule has 0 aliphatic carbocycles. The summed E-state index contributed by atoms with van der Waals surface area (Å²) in [6.45, 7) is 2.67. The van der Waals surface area contributed by atoms with Gasteiger partial charge in [0.15, 0.2) is 29.6 Å². The quantitative estimate of drug-likeness (QED) is 0.105. The molecule has 0 spiro atoms. The molecule has 2 aliphatic heterocycles. The van der Waals surface area contributed by atoms with Crippen molar-refractivity contribution in [1.82, 2.24) is 10.2 Å². The van der Waals surface area contributed by atoms with Crippen molar-refractivity contribution in [2.24, 2.45) is 0 Å². The lowest BCUT2D eigenvalue weighted by Gasteiger charge is -2.38. The maximum atomic E-state index is 14.1. The smallest absolute Gasteiger partial charge is 0.257 e. The molecule has 3 unspecified atom stereocenters. The molecule has 0 bridgehead atoms. The van der Waals surface area contributed by atoms with E-state index in [0.717, 1.165) is 47.5 Å². The molecule has 4 aromatic rings. The van der Waals surface area contributed by atoms with Crippen LogP contribution in [0, 0.1) is 29.1 Å². The van der Waals surface area contributed by atoms with Gasteiger partial charge in [-0.2, -0.15) is 0 Å². The van der Waals surface area contributed by atoms with E-state index in [9.17, 15) is 31.9 Å². The summed E-state index contributed by atoms with van der Waals surface area (Å²) < 4.78 is 81.9. The van der Waals surface area contributed by atoms with Gasteiger partial charge in [0, 0.05) is 25.1 Å². The molecular formula is C39H39F5N2O4. The summed E-state index contributed by atoms with van der Waals surface area (Å²) in [6, 6.07) is 22.5. The van der Waals surface area contributed by atoms with E-state index >= 15 is 0 Å². The van der Waals surface area contributed by atoms with E-state index in [-0.39, 0.29) is 25.4 Å². The van der Waals surface area contributed by atoms with Gasteiger partial charge < -0.3 is 24.8 Å². The van der Waals surface area contributed by atoms with Crippen LogP contribution in [0.1, 0.15) is 83.5 Å². The maximum absolute atomic E-state index is 14.1. The van der Waals surface area contributed by atoms with Gasteiger partial charge in [-0.1, -0.05) is 86.0 Å². The molecule has 0 aromatic heterocycles. The lowest BCUT2D eigenvalue weighted by atomic mass is 9.98. The van der Waals surface area contributed by atoms with Gasteiger partial charge in [0.2, 0.25) is 5.82 Å². The van der Waals surface area contributed by atoms with Gasteiger partial charge >= 0.3 is 0 Å². The van der Waals surface area contributed by atoms with E-state index in [0.29, 0.717) is 12.0 Å². The van der Waals surface area contributed by atoms with Crippen molar-refractivity contribution in [2.45, 2.75) is 70.2 Å². The van der Waals surface area contributed by atoms with Crippen molar-refractivity contribution in [1.29, 1.82) is 0 Å². The van der Waals surface area contributed by atoms with Crippen LogP contribution in [-0.2, 0) is 22.6 Å². The molecule has 2 N–H and O–H groups in total. The van der Waals surface area contributed by atoms with E-state index < -0.39 is 46.8 Å². The first-order valence-electron chi connectivity index (χ1n) is 16.9. The van der Waals surface area contributed by atoms with Gasteiger partial charge in [0.1, 0.15) is 5.56 Å². The Morgan fingerprint density at radius 1 is 0.720 bits per heavy atom. The minimum atomic E-state index is -2.33. The van der Waals surface area contributed by atoms with E-state index in [4.69, 9.17) is 9.47 Å². The molecule has 2 fully saturated rings. The Balaban J connectivity index is 1.16. The third kappa shape index (κ3) is 8.24. The summed E-state index contributed by atoms with van der Waals surface area (Å²) in [5.41, 5.74) is 3.33. The second-order valence-electron chi connectivity index (χ2n) is 12.9. The number of rotatable bonds is 9. The fraction of sp³-hybridized carbons (Fsp3) is 0.359. The zero-order valence-corrected chi connectivity index (χ0v) is 27.4. The lowest BCUT2D eigenvalue weighted by molar-refractivity contribution is -0.253. The molecule has 3 atom stereocenters. The van der Waals surface area contributed by atoms with Crippen LogP contribution < -0.4 is 5.32 Å². The van der Waals surface area contributed by atoms with Crippen LogP contribution in [0.3, 0.4) is 0 Å². The largest absolute Gasteiger partial charge is 0.392 e. The third-order valence-corrected chi connectivity index (χ3v) is 9.36. The molecule has 264 valence electrons. The highest BCUT2D eigenvalue weighted by Crippen LogP contribution is 2.39. The minimum absolute atomic E-state index is 0.0303. The maximum Gasteiger partial charge on any atom is 0.257 e. The van der Waals surface area contributed by atoms with Gasteiger partial charge in [-0.25, -0.2) is 22.0 Å². The first-order chi connectivity index (χ1) is 24.2. The molecular weight excluding hydrogens is 655 g/mol. The molecule has 11 heteroatoms. The molecule has 6 rings (SSSR count). The van der Waals surface area contributed by atoms with Crippen LogP contribution >= 0.6 is 0 Å². The average molecular weight is 695 g/mol. The second-order valence-corrected chi connectivity index (χ2v) is 12.9. The summed E-state index contributed by atoms with van der Waals surface area (Å²) in [6.07, 6.45) is 5.99. The number of aliphatic hydroxyl groups is 1. The van der Waals surface area contributed by atoms with E-state index in [1.54, 1.807) is 18.2 Å². The molecule has 0 saturated carbocycles. The highest BCUT2D eigenvalue weighted by Gasteiger charge is 2.33. The average Bonchev–Trinajstić information content (AvgIpc) is 3.13. The van der Waals surface area contributed by atoms with Crippen LogP contribution in [0.4, 0.5) is 22.0 Å². The molecule has 50 heavy (non-hydrogen) atoms. The van der Waals surface area contributed by atoms with E-state index in [1.165, 1.54) is 32.1 Å². The standard InChI is InChI=1S/C39H39F5N2O4/c40-33-32(34(41)36(43)37(44)35(33)42)38(48)45-21-25-7-6-8-29(19-25)26-13-15-28(16-14-26)39-49-30(22-46-17-4-2-1-3-5-18-46)20-31(50-39)27-11-9-24(23-47)10-12-27/h6-16,19,30-31,39,47H,1-5,17-18,20-23H2,(H,45,48). The highest BCUT2D eigenvalue weighted by atomic mass is 19.2. The normalized spacial score (nSPS) is 20.2. The number of benzene rings is 4. The Hall–Kier alpha value is -4.16. The number of aliphatic hydroxyl groups excluding tert-OH is 1. The predicted octanol–water partition coefficient (Wildman–Crippen LogP) is 8.28. The number of nitrogens with zero attached hydrogens (tertiary/aromatic N) is 1. The number of likely N-dealkylation sites (tertiary alicyclic amines) is 1. The van der Waals surface area contributed by atoms with E-state index in [2.05, 4.69) is 10.2 Å². The van der Waals surface area contributed by atoms with Crippen molar-refractivity contribution < 1.29 is 41.3 Å². The van der Waals surface area contributed by atoms with Gasteiger partial charge in [0.05, 0.1) is 18.8 Å². The van der Waals surface area contributed by atoms with Gasteiger partial charge in [-0.3, -0.25) is 4.79 Å². The molecule has 2 aliphatic rings. The van der Waals surface area contributed by atoms with Gasteiger partial charge in [-0.05, 0) is 59.8 Å². The summed E-state index contributed by atoms with van der Waals surface area (Å²) in [5, 5.41) is 11.8. The zero-order valence-electron chi connectivity index (χ0n) is 27.4. The number of nitrogens with one attached hydrogen (secondary N) is 1. The minimum Gasteiger partial charge on any atom is -0.392 e. The third-order valence-electron chi connectivity index (χ3n) is 9.36. The number of halogens is 5. The first kappa shape index (κ1) is 35.7. The summed E-state index contributed by atoms with van der Waals surface area (Å²) >= 11 is 0. The highest BCUT2D eigenvalue weighted by molar-refractivity contribution is 5.94. The Morgan fingerprint density at radius 2 is 1.34 bits per heavy atom. The number of carbonyl (C=O) groups is 1. The SMILES string of the molecule is O=C(NCc1cccc(-c2ccc(C3OC(CN4CCCCCCC4)CC(c4ccc(CO)cc4)O3)cc2)c1)c1c(F)c(F)c(F)c(F)c1F. The number of ether oxygens (including phenoxy) is 2. The molecule has 4 aromatic carbocycles. The van der Waals surface area contributed by atoms with Crippen molar-refractivity contribution >= 4 is 5.91 Å². The molecule has 0 radical (unpaired) electrons. The molecule has 2 saturated heterocycles. The first-order valence-corrected chi connectivity index (χ1v) is 16.9. The number of hydrogen-bond donors (Lipinski definition) is 2. The van der Waals surface area contributed by atoms with Gasteiger partial charge in [-0.15, -0.1) is 0 Å². The van der Waals surface area contributed by atoms with Crippen LogP contribution in [0.25, 0.3) is 11.1 Å². The Kier molecular flexibility index (Phi) is 11.6. The zero-order chi connectivity index (χ0) is 35.2. The molecule has 2 heterocycles. The second kappa shape index (κ2) is 16.2. The topological polar surface area (TPSA) is 71.0 Å². The van der Waals surface area contributed by atoms with Crippen molar-refractivity contribution in [2.75, 3.05) is 19.6 Å². The van der Waals surface area contributed by atoms with Crippen molar-refractivity contribution in [3.8, 4) is 11.1 Å². The monoisotopic (exact) mass is 694 g/mol. The Labute approximate surface area is 287 Å². The lowest BCUT2D eigenvalue weighted by Crippen LogP contribution is -2.40. The fourth-order valence-corrected chi connectivity index (χ4v) is 6.59. The van der Waals surface area contributed by atoms with Crippen LogP contribution in [0.15, 0.2) is 72.8 Å². The van der Waals surface area contributed by atoms with Crippen LogP contribution in [0.5, 0.6) is 0 Å². The van der Waals surface area contributed by atoms with Gasteiger partial charge in [0.25, 0.3) is 5.91 Å². The Bertz CT molecular complexity index is 1750. The number of hydrogen-bond acceptors (Lipinski definition) is 5. The van der Waals surface area contributed by atoms with E-state index in [1.807, 2.05) is 54.6 Å². The predicted molar refractivity (Wildman–Crippen MR) is 177 cm³/mol. The summed E-state index contributed by atoms with van der Waals surface area (Å²) in [5.74, 6) is -12.5. The molecule has 6 nitrogen and oxygen atoms in total. The number of amides is 1. The van der Waals surface area contributed by atoms with Crippen molar-refractivity contribution in [3.63, 3.8) is 0 Å². The van der Waals surface area contributed by atoms with Crippen LogP contribution in [-0.4, -0.2) is 41.7 Å². The molecule has 1 amide bonds. The summed E-state index contributed by atoms with van der Waals surface area (Å²) in [4.78, 5) is 14.9. The van der Waals surface area contributed by atoms with Crippen LogP contribution in [0.2, 0.25) is 0 Å². The Morgan fingerprint density at radius 3 is 2.00 bits per heavy atom. The summed E-state index contributed by atoms with van der Waals surface area (Å²) in [7, 11) is 0.